The van der Waals surface area contributed by atoms with E-state index in [0.29, 0.717) is 6.54 Å². The molecule has 5 nitrogen and oxygen atoms in total. The van der Waals surface area contributed by atoms with E-state index in [4.69, 9.17) is 4.74 Å². The van der Waals surface area contributed by atoms with E-state index in [1.807, 2.05) is 35.9 Å². The van der Waals surface area contributed by atoms with Crippen molar-refractivity contribution in [3.63, 3.8) is 0 Å². The third-order valence-corrected chi connectivity index (χ3v) is 4.78. The van der Waals surface area contributed by atoms with Gasteiger partial charge in [0.2, 0.25) is 0 Å². The molecule has 0 amide bonds. The highest BCUT2D eigenvalue weighted by Gasteiger charge is 2.23. The van der Waals surface area contributed by atoms with E-state index in [9.17, 15) is 5.11 Å². The first-order valence-corrected chi connectivity index (χ1v) is 9.89. The van der Waals surface area contributed by atoms with Crippen LogP contribution in [0.5, 0.6) is 5.75 Å². The summed E-state index contributed by atoms with van der Waals surface area (Å²) >= 11 is 1.58. The second-order valence-electron chi connectivity index (χ2n) is 6.36. The fourth-order valence-electron chi connectivity index (χ4n) is 2.56. The van der Waals surface area contributed by atoms with Crippen molar-refractivity contribution in [2.45, 2.75) is 32.3 Å². The maximum Gasteiger partial charge on any atom is 0.191 e. The van der Waals surface area contributed by atoms with Crippen molar-refractivity contribution in [1.29, 1.82) is 0 Å². The SMILES string of the molecule is CCNC(=NCC(C)(O)c1ccsc1)NCCCc1cccc(OC)c1. The molecule has 6 heteroatoms. The summed E-state index contributed by atoms with van der Waals surface area (Å²) in [6, 6.07) is 10.1. The summed E-state index contributed by atoms with van der Waals surface area (Å²) in [5, 5.41) is 21.1. The summed E-state index contributed by atoms with van der Waals surface area (Å²) in [5.74, 6) is 1.62. The molecule has 0 radical (unpaired) electrons. The highest BCUT2D eigenvalue weighted by atomic mass is 32.1. The van der Waals surface area contributed by atoms with Crippen molar-refractivity contribution in [3.8, 4) is 5.75 Å². The molecule has 1 atom stereocenters. The van der Waals surface area contributed by atoms with Crippen LogP contribution in [0.3, 0.4) is 0 Å². The van der Waals surface area contributed by atoms with Gasteiger partial charge < -0.3 is 20.5 Å². The van der Waals surface area contributed by atoms with E-state index >= 15 is 0 Å². The van der Waals surface area contributed by atoms with Gasteiger partial charge in [-0.05, 0) is 66.8 Å². The lowest BCUT2D eigenvalue weighted by Crippen LogP contribution is -2.39. The third kappa shape index (κ3) is 6.35. The van der Waals surface area contributed by atoms with Crippen molar-refractivity contribution >= 4 is 17.3 Å². The highest BCUT2D eigenvalue weighted by molar-refractivity contribution is 7.08. The molecule has 1 aromatic carbocycles. The van der Waals surface area contributed by atoms with Crippen LogP contribution in [0.25, 0.3) is 0 Å². The van der Waals surface area contributed by atoms with Crippen LogP contribution in [0.1, 0.15) is 31.4 Å². The minimum Gasteiger partial charge on any atom is -0.497 e. The van der Waals surface area contributed by atoms with Crippen molar-refractivity contribution in [2.75, 3.05) is 26.7 Å². The molecular weight excluding hydrogens is 346 g/mol. The zero-order valence-electron chi connectivity index (χ0n) is 15.8. The molecule has 142 valence electrons. The molecule has 26 heavy (non-hydrogen) atoms. The molecule has 2 aromatic rings. The van der Waals surface area contributed by atoms with E-state index in [0.717, 1.165) is 43.2 Å². The normalized spacial score (nSPS) is 13.9. The summed E-state index contributed by atoms with van der Waals surface area (Å²) < 4.78 is 5.26. The Labute approximate surface area is 160 Å². The Kier molecular flexibility index (Phi) is 7.94. The van der Waals surface area contributed by atoms with Gasteiger partial charge in [0.25, 0.3) is 0 Å². The minimum atomic E-state index is -0.955. The second-order valence-corrected chi connectivity index (χ2v) is 7.14. The van der Waals surface area contributed by atoms with Crippen molar-refractivity contribution in [2.24, 2.45) is 4.99 Å². The van der Waals surface area contributed by atoms with Crippen LogP contribution < -0.4 is 15.4 Å². The number of guanidine groups is 1. The molecule has 0 aliphatic rings. The van der Waals surface area contributed by atoms with Crippen LogP contribution in [0.15, 0.2) is 46.1 Å². The molecule has 1 aromatic heterocycles. The van der Waals surface area contributed by atoms with E-state index in [1.165, 1.54) is 5.56 Å². The maximum absolute atomic E-state index is 10.6. The number of ether oxygens (including phenoxy) is 1. The van der Waals surface area contributed by atoms with Gasteiger partial charge in [-0.2, -0.15) is 11.3 Å². The number of aliphatic hydroxyl groups is 1. The number of aryl methyl sites for hydroxylation is 1. The molecule has 0 bridgehead atoms. The number of thiophene rings is 1. The average Bonchev–Trinajstić information content (AvgIpc) is 3.19. The van der Waals surface area contributed by atoms with Crippen molar-refractivity contribution in [3.05, 3.63) is 52.2 Å². The number of rotatable bonds is 9. The summed E-state index contributed by atoms with van der Waals surface area (Å²) in [5.41, 5.74) is 1.21. The van der Waals surface area contributed by atoms with Crippen LogP contribution in [0.4, 0.5) is 0 Å². The molecule has 0 aliphatic heterocycles. The van der Waals surface area contributed by atoms with Gasteiger partial charge in [0.05, 0.1) is 13.7 Å². The highest BCUT2D eigenvalue weighted by Crippen LogP contribution is 2.23. The molecule has 1 heterocycles. The quantitative estimate of drug-likeness (QED) is 0.358. The minimum absolute atomic E-state index is 0.314. The monoisotopic (exact) mass is 375 g/mol. The van der Waals surface area contributed by atoms with Crippen LogP contribution in [-0.4, -0.2) is 37.8 Å². The number of nitrogens with one attached hydrogen (secondary N) is 2. The predicted molar refractivity (Wildman–Crippen MR) is 109 cm³/mol. The number of nitrogens with zero attached hydrogens (tertiary/aromatic N) is 1. The first-order chi connectivity index (χ1) is 12.5. The molecule has 0 saturated carbocycles. The molecule has 0 saturated heterocycles. The van der Waals surface area contributed by atoms with Gasteiger partial charge in [0.15, 0.2) is 5.96 Å². The largest absolute Gasteiger partial charge is 0.497 e. The fraction of sp³-hybridized carbons (Fsp3) is 0.450. The Balaban J connectivity index is 1.83. The van der Waals surface area contributed by atoms with Gasteiger partial charge >= 0.3 is 0 Å². The maximum atomic E-state index is 10.6. The topological polar surface area (TPSA) is 65.9 Å². The summed E-state index contributed by atoms with van der Waals surface area (Å²) in [6.07, 6.45) is 1.95. The first kappa shape index (κ1) is 20.3. The molecule has 3 N–H and O–H groups in total. The lowest BCUT2D eigenvalue weighted by atomic mass is 10.00. The van der Waals surface area contributed by atoms with Crippen LogP contribution in [0.2, 0.25) is 0 Å². The van der Waals surface area contributed by atoms with Gasteiger partial charge in [0, 0.05) is 13.1 Å². The zero-order valence-corrected chi connectivity index (χ0v) is 16.6. The molecular formula is C20H29N3O2S. The first-order valence-electron chi connectivity index (χ1n) is 8.95. The fourth-order valence-corrected chi connectivity index (χ4v) is 3.35. The van der Waals surface area contributed by atoms with E-state index in [-0.39, 0.29) is 0 Å². The number of methoxy groups -OCH3 is 1. The van der Waals surface area contributed by atoms with Crippen LogP contribution in [0, 0.1) is 0 Å². The van der Waals surface area contributed by atoms with Crippen LogP contribution in [-0.2, 0) is 12.0 Å². The van der Waals surface area contributed by atoms with E-state index in [2.05, 4.69) is 27.8 Å². The summed E-state index contributed by atoms with van der Waals surface area (Å²) in [6.45, 7) is 5.73. The van der Waals surface area contributed by atoms with Gasteiger partial charge in [0.1, 0.15) is 11.4 Å². The smallest absolute Gasteiger partial charge is 0.191 e. The average molecular weight is 376 g/mol. The Bertz CT molecular complexity index is 684. The molecule has 1 unspecified atom stereocenters. The molecule has 0 aliphatic carbocycles. The van der Waals surface area contributed by atoms with Crippen molar-refractivity contribution in [1.82, 2.24) is 10.6 Å². The standard InChI is InChI=1S/C20H29N3O2S/c1-4-21-19(23-15-20(2,24)17-10-12-26-14-17)22-11-6-8-16-7-5-9-18(13-16)25-3/h5,7,9-10,12-14,24H,4,6,8,11,15H2,1-3H3,(H2,21,22,23). The van der Waals surface area contributed by atoms with Gasteiger partial charge in [-0.15, -0.1) is 0 Å². The third-order valence-electron chi connectivity index (χ3n) is 4.10. The van der Waals surface area contributed by atoms with Gasteiger partial charge in [-0.1, -0.05) is 12.1 Å². The van der Waals surface area contributed by atoms with Gasteiger partial charge in [-0.3, -0.25) is 0 Å². The molecule has 0 spiro atoms. The van der Waals surface area contributed by atoms with E-state index < -0.39 is 5.60 Å². The Morgan fingerprint density at radius 3 is 2.85 bits per heavy atom. The number of aliphatic imine (C=N–C) groups is 1. The number of hydrogen-bond acceptors (Lipinski definition) is 4. The number of hydrogen-bond donors (Lipinski definition) is 3. The predicted octanol–water partition coefficient (Wildman–Crippen LogP) is 3.15. The molecule has 0 fully saturated rings. The number of benzene rings is 1. The Morgan fingerprint density at radius 2 is 2.15 bits per heavy atom. The van der Waals surface area contributed by atoms with Crippen LogP contribution >= 0.6 is 11.3 Å². The van der Waals surface area contributed by atoms with Crippen molar-refractivity contribution < 1.29 is 9.84 Å². The Morgan fingerprint density at radius 1 is 1.31 bits per heavy atom. The lowest BCUT2D eigenvalue weighted by molar-refractivity contribution is 0.0677. The lowest BCUT2D eigenvalue weighted by Gasteiger charge is -2.21. The van der Waals surface area contributed by atoms with Gasteiger partial charge in [-0.25, -0.2) is 4.99 Å². The summed E-state index contributed by atoms with van der Waals surface area (Å²) in [7, 11) is 1.69. The molecule has 2 rings (SSSR count). The summed E-state index contributed by atoms with van der Waals surface area (Å²) in [4.78, 5) is 4.54. The Hall–Kier alpha value is -2.05. The van der Waals surface area contributed by atoms with E-state index in [1.54, 1.807) is 25.4 Å². The zero-order chi connectivity index (χ0) is 18.8. The second kappa shape index (κ2) is 10.2.